The van der Waals surface area contributed by atoms with Crippen molar-refractivity contribution in [2.45, 2.75) is 13.3 Å². The van der Waals surface area contributed by atoms with Crippen LogP contribution in [0.2, 0.25) is 0 Å². The van der Waals surface area contributed by atoms with Gasteiger partial charge in [0.25, 0.3) is 5.91 Å². The highest BCUT2D eigenvalue weighted by Gasteiger charge is 2.10. The highest BCUT2D eigenvalue weighted by atomic mass is 16.1. The molecule has 0 aliphatic heterocycles. The molecule has 0 radical (unpaired) electrons. The van der Waals surface area contributed by atoms with Gasteiger partial charge < -0.3 is 10.6 Å². The number of hydrogen-bond donors (Lipinski definition) is 2. The van der Waals surface area contributed by atoms with Crippen molar-refractivity contribution in [3.8, 4) is 12.1 Å². The Morgan fingerprint density at radius 3 is 2.71 bits per heavy atom. The Bertz CT molecular complexity index is 650. The Kier molecular flexibility index (Phi) is 6.17. The number of rotatable bonds is 6. The van der Waals surface area contributed by atoms with E-state index in [4.69, 9.17) is 10.5 Å². The van der Waals surface area contributed by atoms with Gasteiger partial charge in [0.05, 0.1) is 12.5 Å². The van der Waals surface area contributed by atoms with Gasteiger partial charge in [-0.15, -0.1) is 0 Å². The van der Waals surface area contributed by atoms with Crippen LogP contribution in [0.5, 0.6) is 0 Å². The first-order chi connectivity index (χ1) is 10.1. The fourth-order valence-electron chi connectivity index (χ4n) is 1.47. The number of Topliss-reactive ketones (excluding diaryl/α,β-unsaturated/α-hetero) is 1. The zero-order chi connectivity index (χ0) is 15.7. The van der Waals surface area contributed by atoms with Crippen molar-refractivity contribution >= 4 is 17.4 Å². The summed E-state index contributed by atoms with van der Waals surface area (Å²) in [6, 6.07) is 10.2. The number of hydrogen-bond acceptors (Lipinski definition) is 5. The molecule has 1 aromatic carbocycles. The molecular weight excluding hydrogens is 268 g/mol. The van der Waals surface area contributed by atoms with Gasteiger partial charge in [0.1, 0.15) is 11.6 Å². The van der Waals surface area contributed by atoms with E-state index in [0.29, 0.717) is 17.8 Å². The SMILES string of the molecule is CC(=O)c1cccc(NC(=O)/C(C#N)=C\NCCC#N)c1. The summed E-state index contributed by atoms with van der Waals surface area (Å²) in [6.07, 6.45) is 1.54. The fourth-order valence-corrected chi connectivity index (χ4v) is 1.47. The lowest BCUT2D eigenvalue weighted by Gasteiger charge is -2.06. The van der Waals surface area contributed by atoms with Crippen molar-refractivity contribution < 1.29 is 9.59 Å². The molecule has 1 amide bonds. The van der Waals surface area contributed by atoms with Gasteiger partial charge in [-0.05, 0) is 19.1 Å². The Morgan fingerprint density at radius 1 is 1.33 bits per heavy atom. The van der Waals surface area contributed by atoms with Crippen LogP contribution in [0.3, 0.4) is 0 Å². The van der Waals surface area contributed by atoms with Crippen LogP contribution in [0.25, 0.3) is 0 Å². The van der Waals surface area contributed by atoms with Crippen LogP contribution in [-0.4, -0.2) is 18.2 Å². The molecule has 21 heavy (non-hydrogen) atoms. The molecule has 0 aliphatic carbocycles. The van der Waals surface area contributed by atoms with Crippen molar-refractivity contribution in [1.82, 2.24) is 5.32 Å². The zero-order valence-electron chi connectivity index (χ0n) is 11.5. The second kappa shape index (κ2) is 8.13. The highest BCUT2D eigenvalue weighted by Crippen LogP contribution is 2.12. The number of ketones is 1. The first-order valence-electron chi connectivity index (χ1n) is 6.21. The number of carbonyl (C=O) groups is 2. The van der Waals surface area contributed by atoms with Crippen molar-refractivity contribution in [3.05, 3.63) is 41.6 Å². The molecule has 2 N–H and O–H groups in total. The minimum atomic E-state index is -0.581. The summed E-state index contributed by atoms with van der Waals surface area (Å²) < 4.78 is 0. The van der Waals surface area contributed by atoms with E-state index < -0.39 is 5.91 Å². The summed E-state index contributed by atoms with van der Waals surface area (Å²) in [6.45, 7) is 1.79. The molecular formula is C15H14N4O2. The van der Waals surface area contributed by atoms with Gasteiger partial charge in [-0.25, -0.2) is 0 Å². The van der Waals surface area contributed by atoms with E-state index >= 15 is 0 Å². The normalized spacial score (nSPS) is 10.1. The maximum absolute atomic E-state index is 11.9. The number of nitriles is 2. The number of benzene rings is 1. The summed E-state index contributed by atoms with van der Waals surface area (Å²) in [4.78, 5) is 23.2. The average molecular weight is 282 g/mol. The summed E-state index contributed by atoms with van der Waals surface area (Å²) in [5.74, 6) is -0.692. The van der Waals surface area contributed by atoms with E-state index in [1.54, 1.807) is 30.3 Å². The molecule has 0 saturated heterocycles. The first-order valence-corrected chi connectivity index (χ1v) is 6.21. The molecule has 0 saturated carbocycles. The molecule has 0 aromatic heterocycles. The van der Waals surface area contributed by atoms with Crippen molar-refractivity contribution in [2.75, 3.05) is 11.9 Å². The Morgan fingerprint density at radius 2 is 2.10 bits per heavy atom. The van der Waals surface area contributed by atoms with Gasteiger partial charge in [0.15, 0.2) is 5.78 Å². The molecule has 1 rings (SSSR count). The molecule has 106 valence electrons. The predicted molar refractivity (Wildman–Crippen MR) is 77.0 cm³/mol. The van der Waals surface area contributed by atoms with Crippen LogP contribution in [0.4, 0.5) is 5.69 Å². The maximum Gasteiger partial charge on any atom is 0.267 e. The third-order valence-electron chi connectivity index (χ3n) is 2.52. The van der Waals surface area contributed by atoms with Gasteiger partial charge in [-0.3, -0.25) is 9.59 Å². The number of nitrogens with zero attached hydrogens (tertiary/aromatic N) is 2. The zero-order valence-corrected chi connectivity index (χ0v) is 11.5. The smallest absolute Gasteiger partial charge is 0.267 e. The third-order valence-corrected chi connectivity index (χ3v) is 2.52. The first kappa shape index (κ1) is 15.9. The van der Waals surface area contributed by atoms with Crippen molar-refractivity contribution in [2.24, 2.45) is 0 Å². The summed E-state index contributed by atoms with van der Waals surface area (Å²) >= 11 is 0. The Balaban J connectivity index is 2.75. The second-order valence-corrected chi connectivity index (χ2v) is 4.12. The van der Waals surface area contributed by atoms with E-state index in [2.05, 4.69) is 10.6 Å². The molecule has 0 fully saturated rings. The van der Waals surface area contributed by atoms with Crippen LogP contribution in [-0.2, 0) is 4.79 Å². The molecule has 0 spiro atoms. The second-order valence-electron chi connectivity index (χ2n) is 4.12. The van der Waals surface area contributed by atoms with E-state index in [-0.39, 0.29) is 17.8 Å². The quantitative estimate of drug-likeness (QED) is 0.358. The van der Waals surface area contributed by atoms with Crippen LogP contribution < -0.4 is 10.6 Å². The van der Waals surface area contributed by atoms with Crippen LogP contribution in [0.1, 0.15) is 23.7 Å². The number of nitrogens with one attached hydrogen (secondary N) is 2. The standard InChI is InChI=1S/C15H14N4O2/c1-11(20)12-4-2-5-14(8-12)19-15(21)13(9-17)10-18-7-3-6-16/h2,4-5,8,10,18H,3,7H2,1H3,(H,19,21)/b13-10-. The molecule has 0 unspecified atom stereocenters. The fraction of sp³-hybridized carbons (Fsp3) is 0.200. The molecule has 0 bridgehead atoms. The van der Waals surface area contributed by atoms with Gasteiger partial charge in [0.2, 0.25) is 0 Å². The molecule has 6 heteroatoms. The van der Waals surface area contributed by atoms with Crippen molar-refractivity contribution in [1.29, 1.82) is 10.5 Å². The van der Waals surface area contributed by atoms with Crippen LogP contribution in [0.15, 0.2) is 36.0 Å². The summed E-state index contributed by atoms with van der Waals surface area (Å²) in [5, 5.41) is 22.6. The van der Waals surface area contributed by atoms with E-state index in [1.165, 1.54) is 13.1 Å². The maximum atomic E-state index is 11.9. The Hall–Kier alpha value is -3.12. The van der Waals surface area contributed by atoms with Gasteiger partial charge in [-0.2, -0.15) is 10.5 Å². The molecule has 6 nitrogen and oxygen atoms in total. The molecule has 0 aliphatic rings. The Labute approximate surface area is 122 Å². The molecule has 0 atom stereocenters. The average Bonchev–Trinajstić information content (AvgIpc) is 2.47. The van der Waals surface area contributed by atoms with Crippen LogP contribution in [0, 0.1) is 22.7 Å². The van der Waals surface area contributed by atoms with Gasteiger partial charge >= 0.3 is 0 Å². The van der Waals surface area contributed by atoms with E-state index in [9.17, 15) is 9.59 Å². The minimum Gasteiger partial charge on any atom is -0.389 e. The summed E-state index contributed by atoms with van der Waals surface area (Å²) in [5.41, 5.74) is 0.800. The monoisotopic (exact) mass is 282 g/mol. The highest BCUT2D eigenvalue weighted by molar-refractivity contribution is 6.07. The predicted octanol–water partition coefficient (Wildman–Crippen LogP) is 1.74. The molecule has 0 heterocycles. The van der Waals surface area contributed by atoms with E-state index in [0.717, 1.165) is 0 Å². The third kappa shape index (κ3) is 5.17. The topological polar surface area (TPSA) is 106 Å². The lowest BCUT2D eigenvalue weighted by molar-refractivity contribution is -0.112. The van der Waals surface area contributed by atoms with Crippen LogP contribution >= 0.6 is 0 Å². The largest absolute Gasteiger partial charge is 0.389 e. The number of anilines is 1. The summed E-state index contributed by atoms with van der Waals surface area (Å²) in [7, 11) is 0. The van der Waals surface area contributed by atoms with Gasteiger partial charge in [0, 0.05) is 24.0 Å². The molecule has 1 aromatic rings. The number of amides is 1. The minimum absolute atomic E-state index is 0.110. The number of carbonyl (C=O) groups excluding carboxylic acids is 2. The van der Waals surface area contributed by atoms with E-state index in [1.807, 2.05) is 6.07 Å². The lowest BCUT2D eigenvalue weighted by atomic mass is 10.1. The lowest BCUT2D eigenvalue weighted by Crippen LogP contribution is -2.17. The van der Waals surface area contributed by atoms with Crippen molar-refractivity contribution in [3.63, 3.8) is 0 Å². The van der Waals surface area contributed by atoms with Gasteiger partial charge in [-0.1, -0.05) is 12.1 Å².